The van der Waals surface area contributed by atoms with E-state index in [0.29, 0.717) is 5.56 Å². The lowest BCUT2D eigenvalue weighted by atomic mass is 10.2. The van der Waals surface area contributed by atoms with E-state index in [-0.39, 0.29) is 5.91 Å². The van der Waals surface area contributed by atoms with E-state index in [4.69, 9.17) is 11.8 Å². The molecule has 0 unspecified atom stereocenters. The Morgan fingerprint density at radius 3 is 2.36 bits per heavy atom. The Bertz CT molecular complexity index is 260. The number of carbonyl (C=O) groups excluding carboxylic acids is 1. The van der Waals surface area contributed by atoms with Crippen LogP contribution >= 0.6 is 27.7 Å². The van der Waals surface area contributed by atoms with Gasteiger partial charge in [0.25, 0.3) is 5.91 Å². The molecule has 0 heterocycles. The van der Waals surface area contributed by atoms with Crippen LogP contribution in [0.5, 0.6) is 0 Å². The third kappa shape index (κ3) is 2.20. The van der Waals surface area contributed by atoms with Crippen molar-refractivity contribution in [3.8, 4) is 0 Å². The highest BCUT2D eigenvalue weighted by atomic mass is 79.9. The van der Waals surface area contributed by atoms with Crippen molar-refractivity contribution in [1.29, 1.82) is 0 Å². The van der Waals surface area contributed by atoms with Crippen molar-refractivity contribution < 1.29 is 4.79 Å². The van der Waals surface area contributed by atoms with Crippen molar-refractivity contribution >= 4 is 33.6 Å². The second-order valence-electron chi connectivity index (χ2n) is 1.93. The minimum Gasteiger partial charge on any atom is -0.268 e. The normalized spacial score (nSPS) is 9.27. The van der Waals surface area contributed by atoms with Crippen LogP contribution in [-0.2, 0) is 0 Å². The monoisotopic (exact) mass is 233 g/mol. The Kier molecular flexibility index (Phi) is 2.91. The van der Waals surface area contributed by atoms with Gasteiger partial charge in [-0.25, -0.2) is 0 Å². The summed E-state index contributed by atoms with van der Waals surface area (Å²) in [5.41, 5.74) is 0.545. The summed E-state index contributed by atoms with van der Waals surface area (Å²) in [6.45, 7) is 0. The second kappa shape index (κ2) is 3.74. The SMILES string of the molecule is O=C(NCl)c1ccc(Br)cc1. The molecule has 1 aromatic rings. The zero-order valence-corrected chi connectivity index (χ0v) is 7.82. The van der Waals surface area contributed by atoms with E-state index in [2.05, 4.69) is 15.9 Å². The highest BCUT2D eigenvalue weighted by Gasteiger charge is 2.01. The Hall–Kier alpha value is -0.540. The van der Waals surface area contributed by atoms with Crippen LogP contribution in [0.25, 0.3) is 0 Å². The second-order valence-corrected chi connectivity index (χ2v) is 3.04. The molecule has 0 atom stereocenters. The van der Waals surface area contributed by atoms with Crippen LogP contribution in [0.2, 0.25) is 0 Å². The molecule has 0 aliphatic rings. The number of hydrogen-bond donors (Lipinski definition) is 1. The molecule has 11 heavy (non-hydrogen) atoms. The molecule has 0 aromatic heterocycles. The predicted octanol–water partition coefficient (Wildman–Crippen LogP) is 2.33. The summed E-state index contributed by atoms with van der Waals surface area (Å²) in [7, 11) is 0. The highest BCUT2D eigenvalue weighted by Crippen LogP contribution is 2.10. The zero-order chi connectivity index (χ0) is 8.27. The highest BCUT2D eigenvalue weighted by molar-refractivity contribution is 9.10. The fourth-order valence-electron chi connectivity index (χ4n) is 0.656. The third-order valence-electron chi connectivity index (χ3n) is 1.19. The first kappa shape index (κ1) is 8.56. The van der Waals surface area contributed by atoms with E-state index in [1.807, 2.05) is 4.84 Å². The summed E-state index contributed by atoms with van der Waals surface area (Å²) in [5, 5.41) is 0. The van der Waals surface area contributed by atoms with Crippen molar-refractivity contribution in [2.24, 2.45) is 0 Å². The van der Waals surface area contributed by atoms with Gasteiger partial charge in [-0.15, -0.1) is 0 Å². The van der Waals surface area contributed by atoms with E-state index in [1.165, 1.54) is 0 Å². The number of nitrogens with one attached hydrogen (secondary N) is 1. The van der Waals surface area contributed by atoms with E-state index >= 15 is 0 Å². The van der Waals surface area contributed by atoms with Gasteiger partial charge in [0.2, 0.25) is 0 Å². The molecule has 0 bridgehead atoms. The standard InChI is InChI=1S/C7H5BrClNO/c8-6-3-1-5(2-4-6)7(11)10-9/h1-4H,(H,10,11). The topological polar surface area (TPSA) is 29.1 Å². The van der Waals surface area contributed by atoms with Gasteiger partial charge in [0.1, 0.15) is 0 Å². The Morgan fingerprint density at radius 2 is 1.91 bits per heavy atom. The van der Waals surface area contributed by atoms with Crippen molar-refractivity contribution in [2.45, 2.75) is 0 Å². The van der Waals surface area contributed by atoms with Crippen LogP contribution in [0.1, 0.15) is 10.4 Å². The molecule has 58 valence electrons. The summed E-state index contributed by atoms with van der Waals surface area (Å²) in [4.78, 5) is 12.9. The van der Waals surface area contributed by atoms with Crippen LogP contribution in [0, 0.1) is 0 Å². The first-order valence-electron chi connectivity index (χ1n) is 2.90. The molecular weight excluding hydrogens is 229 g/mol. The van der Waals surface area contributed by atoms with Gasteiger partial charge in [0.15, 0.2) is 0 Å². The Balaban J connectivity index is 2.90. The minimum absolute atomic E-state index is 0.292. The fraction of sp³-hybridized carbons (Fsp3) is 0. The van der Waals surface area contributed by atoms with E-state index in [9.17, 15) is 4.79 Å². The van der Waals surface area contributed by atoms with Crippen LogP contribution < -0.4 is 4.84 Å². The predicted molar refractivity (Wildman–Crippen MR) is 47.5 cm³/mol. The van der Waals surface area contributed by atoms with Gasteiger partial charge in [-0.1, -0.05) is 15.9 Å². The molecule has 0 saturated carbocycles. The molecule has 0 radical (unpaired) electrons. The molecule has 1 aromatic carbocycles. The van der Waals surface area contributed by atoms with Crippen LogP contribution in [0.3, 0.4) is 0 Å². The first-order valence-corrected chi connectivity index (χ1v) is 4.07. The molecule has 0 spiro atoms. The molecule has 2 nitrogen and oxygen atoms in total. The van der Waals surface area contributed by atoms with Crippen molar-refractivity contribution in [3.05, 3.63) is 34.3 Å². The van der Waals surface area contributed by atoms with E-state index in [0.717, 1.165) is 4.47 Å². The molecular formula is C7H5BrClNO. The van der Waals surface area contributed by atoms with Crippen molar-refractivity contribution in [2.75, 3.05) is 0 Å². The average Bonchev–Trinajstić information content (AvgIpc) is 2.05. The van der Waals surface area contributed by atoms with Crippen molar-refractivity contribution in [3.63, 3.8) is 0 Å². The van der Waals surface area contributed by atoms with Gasteiger partial charge < -0.3 is 0 Å². The molecule has 0 fully saturated rings. The van der Waals surface area contributed by atoms with Gasteiger partial charge >= 0.3 is 0 Å². The van der Waals surface area contributed by atoms with Gasteiger partial charge in [-0.05, 0) is 24.3 Å². The molecule has 0 saturated heterocycles. The molecule has 1 amide bonds. The number of carbonyl (C=O) groups is 1. The molecule has 1 N–H and O–H groups in total. The average molecular weight is 234 g/mol. The lowest BCUT2D eigenvalue weighted by Crippen LogP contribution is -2.11. The Labute approximate surface area is 77.8 Å². The van der Waals surface area contributed by atoms with E-state index in [1.54, 1.807) is 24.3 Å². The zero-order valence-electron chi connectivity index (χ0n) is 5.47. The van der Waals surface area contributed by atoms with E-state index < -0.39 is 0 Å². The number of hydrogen-bond acceptors (Lipinski definition) is 1. The third-order valence-corrected chi connectivity index (χ3v) is 1.89. The minimum atomic E-state index is -0.292. The summed E-state index contributed by atoms with van der Waals surface area (Å²) in [5.74, 6) is -0.292. The number of amides is 1. The summed E-state index contributed by atoms with van der Waals surface area (Å²) in [6.07, 6.45) is 0. The van der Waals surface area contributed by atoms with Crippen LogP contribution in [0.15, 0.2) is 28.7 Å². The lowest BCUT2D eigenvalue weighted by Gasteiger charge is -1.96. The maximum Gasteiger partial charge on any atom is 0.265 e. The number of rotatable bonds is 1. The number of benzene rings is 1. The summed E-state index contributed by atoms with van der Waals surface area (Å²) in [6, 6.07) is 6.92. The molecule has 4 heteroatoms. The largest absolute Gasteiger partial charge is 0.268 e. The fourth-order valence-corrected chi connectivity index (χ4v) is 1.03. The lowest BCUT2D eigenvalue weighted by molar-refractivity contribution is 0.0982. The van der Waals surface area contributed by atoms with Gasteiger partial charge in [-0.2, -0.15) is 0 Å². The molecule has 1 rings (SSSR count). The van der Waals surface area contributed by atoms with Gasteiger partial charge in [0, 0.05) is 21.8 Å². The summed E-state index contributed by atoms with van der Waals surface area (Å²) < 4.78 is 0.934. The van der Waals surface area contributed by atoms with Crippen LogP contribution in [0.4, 0.5) is 0 Å². The molecule has 0 aliphatic heterocycles. The maximum absolute atomic E-state index is 10.9. The Morgan fingerprint density at radius 1 is 1.36 bits per heavy atom. The van der Waals surface area contributed by atoms with Crippen LogP contribution in [-0.4, -0.2) is 5.91 Å². The molecule has 0 aliphatic carbocycles. The quantitative estimate of drug-likeness (QED) is 0.743. The number of halogens is 2. The van der Waals surface area contributed by atoms with Gasteiger partial charge in [0.05, 0.1) is 0 Å². The summed E-state index contributed by atoms with van der Waals surface area (Å²) >= 11 is 8.37. The van der Waals surface area contributed by atoms with Gasteiger partial charge in [-0.3, -0.25) is 9.63 Å². The van der Waals surface area contributed by atoms with Crippen molar-refractivity contribution in [1.82, 2.24) is 4.84 Å². The first-order chi connectivity index (χ1) is 5.24. The smallest absolute Gasteiger partial charge is 0.265 e. The maximum atomic E-state index is 10.9.